The van der Waals surface area contributed by atoms with E-state index >= 15 is 0 Å². The second-order valence-corrected chi connectivity index (χ2v) is 8.93. The monoisotopic (exact) mass is 428 g/mol. The Morgan fingerprint density at radius 3 is 2.40 bits per heavy atom. The molecule has 0 unspecified atom stereocenters. The van der Waals surface area contributed by atoms with Gasteiger partial charge in [-0.2, -0.15) is 4.31 Å². The van der Waals surface area contributed by atoms with Gasteiger partial charge in [-0.1, -0.05) is 48.0 Å². The largest absolute Gasteiger partial charge is 0.464 e. The van der Waals surface area contributed by atoms with Gasteiger partial charge in [-0.3, -0.25) is 4.79 Å². The second kappa shape index (κ2) is 9.23. The molecule has 1 atom stereocenters. The van der Waals surface area contributed by atoms with Crippen LogP contribution in [-0.4, -0.2) is 44.3 Å². The zero-order chi connectivity index (χ0) is 21.7. The Kier molecular flexibility index (Phi) is 6.69. The SMILES string of the molecule is COC(=O)/C(=C/c1ccc(C)cc1)NC(=O)[C@@H]1CCCN1S(=O)(=O)c1ccccc1. The molecule has 0 bridgehead atoms. The smallest absolute Gasteiger partial charge is 0.354 e. The quantitative estimate of drug-likeness (QED) is 0.564. The van der Waals surface area contributed by atoms with E-state index in [0.717, 1.165) is 5.56 Å². The number of nitrogens with zero attached hydrogens (tertiary/aromatic N) is 1. The summed E-state index contributed by atoms with van der Waals surface area (Å²) in [6.07, 6.45) is 2.43. The molecule has 7 nitrogen and oxygen atoms in total. The van der Waals surface area contributed by atoms with Crippen LogP contribution in [0.25, 0.3) is 6.08 Å². The number of ether oxygens (including phenoxy) is 1. The van der Waals surface area contributed by atoms with Crippen molar-refractivity contribution < 1.29 is 22.7 Å². The molecule has 8 heteroatoms. The number of methoxy groups -OCH3 is 1. The molecule has 0 aliphatic carbocycles. The van der Waals surface area contributed by atoms with Crippen LogP contribution in [0.4, 0.5) is 0 Å². The van der Waals surface area contributed by atoms with Gasteiger partial charge in [0.05, 0.1) is 12.0 Å². The third kappa shape index (κ3) is 4.77. The zero-order valence-corrected chi connectivity index (χ0v) is 17.7. The summed E-state index contributed by atoms with van der Waals surface area (Å²) in [6, 6.07) is 14.5. The van der Waals surface area contributed by atoms with Crippen molar-refractivity contribution in [3.8, 4) is 0 Å². The number of hydrogen-bond acceptors (Lipinski definition) is 5. The van der Waals surface area contributed by atoms with Crippen LogP contribution in [0.15, 0.2) is 65.2 Å². The molecule has 30 heavy (non-hydrogen) atoms. The third-order valence-corrected chi connectivity index (χ3v) is 6.83. The molecule has 0 radical (unpaired) electrons. The van der Waals surface area contributed by atoms with Crippen LogP contribution in [0.3, 0.4) is 0 Å². The van der Waals surface area contributed by atoms with E-state index in [1.54, 1.807) is 18.2 Å². The highest BCUT2D eigenvalue weighted by atomic mass is 32.2. The first-order chi connectivity index (χ1) is 14.3. The van der Waals surface area contributed by atoms with Crippen LogP contribution in [0.2, 0.25) is 0 Å². The number of aryl methyl sites for hydroxylation is 1. The van der Waals surface area contributed by atoms with Gasteiger partial charge in [0.2, 0.25) is 15.9 Å². The first kappa shape index (κ1) is 21.7. The van der Waals surface area contributed by atoms with Crippen LogP contribution in [-0.2, 0) is 24.3 Å². The Labute approximate surface area is 176 Å². The van der Waals surface area contributed by atoms with Gasteiger partial charge in [-0.15, -0.1) is 0 Å². The lowest BCUT2D eigenvalue weighted by Gasteiger charge is -2.23. The van der Waals surface area contributed by atoms with Gasteiger partial charge in [0, 0.05) is 6.54 Å². The standard InChI is InChI=1S/C22H24N2O5S/c1-16-10-12-17(13-11-16)15-19(22(26)29-2)23-21(25)20-9-6-14-24(20)30(27,28)18-7-4-3-5-8-18/h3-5,7-8,10-13,15,20H,6,9,14H2,1-2H3,(H,23,25)/b19-15-/t20-/m0/s1. The first-order valence-corrected chi connectivity index (χ1v) is 11.0. The van der Waals surface area contributed by atoms with Gasteiger partial charge in [-0.25, -0.2) is 13.2 Å². The molecule has 1 N–H and O–H groups in total. The summed E-state index contributed by atoms with van der Waals surface area (Å²) in [5, 5.41) is 2.57. The van der Waals surface area contributed by atoms with Crippen LogP contribution in [0.5, 0.6) is 0 Å². The van der Waals surface area contributed by atoms with E-state index in [1.807, 2.05) is 31.2 Å². The molecule has 0 aromatic heterocycles. The van der Waals surface area contributed by atoms with Gasteiger partial charge in [0.1, 0.15) is 11.7 Å². The highest BCUT2D eigenvalue weighted by molar-refractivity contribution is 7.89. The topological polar surface area (TPSA) is 92.8 Å². The molecule has 1 amide bonds. The van der Waals surface area contributed by atoms with Gasteiger partial charge in [0.25, 0.3) is 0 Å². The zero-order valence-electron chi connectivity index (χ0n) is 16.9. The Morgan fingerprint density at radius 1 is 1.10 bits per heavy atom. The van der Waals surface area contributed by atoms with Crippen LogP contribution < -0.4 is 5.32 Å². The maximum absolute atomic E-state index is 13.0. The molecule has 1 fully saturated rings. The lowest BCUT2D eigenvalue weighted by Crippen LogP contribution is -2.46. The first-order valence-electron chi connectivity index (χ1n) is 9.57. The minimum absolute atomic E-state index is 0.0460. The molecule has 2 aromatic carbocycles. The van der Waals surface area contributed by atoms with E-state index in [4.69, 9.17) is 4.74 Å². The molecule has 1 aliphatic rings. The average Bonchev–Trinajstić information content (AvgIpc) is 3.26. The van der Waals surface area contributed by atoms with E-state index in [-0.39, 0.29) is 17.1 Å². The number of esters is 1. The second-order valence-electron chi connectivity index (χ2n) is 7.04. The van der Waals surface area contributed by atoms with Crippen molar-refractivity contribution in [3.05, 3.63) is 71.4 Å². The van der Waals surface area contributed by atoms with Crippen molar-refractivity contribution in [2.24, 2.45) is 0 Å². The molecule has 2 aromatic rings. The number of carbonyl (C=O) groups excluding carboxylic acids is 2. The van der Waals surface area contributed by atoms with Crippen LogP contribution in [0, 0.1) is 6.92 Å². The summed E-state index contributed by atoms with van der Waals surface area (Å²) in [5.41, 5.74) is 1.72. The molecular formula is C22H24N2O5S. The molecule has 3 rings (SSSR count). The summed E-state index contributed by atoms with van der Waals surface area (Å²) in [6.45, 7) is 2.18. The number of carbonyl (C=O) groups is 2. The van der Waals surface area contributed by atoms with Crippen molar-refractivity contribution in [2.75, 3.05) is 13.7 Å². The van der Waals surface area contributed by atoms with Crippen molar-refractivity contribution in [3.63, 3.8) is 0 Å². The van der Waals surface area contributed by atoms with Gasteiger partial charge in [-0.05, 0) is 43.5 Å². The van der Waals surface area contributed by atoms with Gasteiger partial charge in [0.15, 0.2) is 0 Å². The van der Waals surface area contributed by atoms with Crippen molar-refractivity contribution in [1.82, 2.24) is 9.62 Å². The average molecular weight is 429 g/mol. The van der Waals surface area contributed by atoms with Gasteiger partial charge >= 0.3 is 5.97 Å². The predicted octanol–water partition coefficient (Wildman–Crippen LogP) is 2.48. The van der Waals surface area contributed by atoms with E-state index in [9.17, 15) is 18.0 Å². The molecule has 1 heterocycles. The molecule has 0 saturated carbocycles. The number of nitrogens with one attached hydrogen (secondary N) is 1. The van der Waals surface area contributed by atoms with Gasteiger partial charge < -0.3 is 10.1 Å². The normalized spacial score (nSPS) is 17.5. The van der Waals surface area contributed by atoms with E-state index in [1.165, 1.54) is 29.6 Å². The minimum atomic E-state index is -3.82. The summed E-state index contributed by atoms with van der Waals surface area (Å²) in [5.74, 6) is -1.27. The van der Waals surface area contributed by atoms with Crippen LogP contribution in [0.1, 0.15) is 24.0 Å². The Morgan fingerprint density at radius 2 is 1.77 bits per heavy atom. The predicted molar refractivity (Wildman–Crippen MR) is 113 cm³/mol. The Bertz CT molecular complexity index is 1050. The number of benzene rings is 2. The summed E-state index contributed by atoms with van der Waals surface area (Å²) >= 11 is 0. The molecule has 158 valence electrons. The van der Waals surface area contributed by atoms with E-state index < -0.39 is 27.9 Å². The Balaban J connectivity index is 1.84. The highest BCUT2D eigenvalue weighted by Crippen LogP contribution is 2.26. The van der Waals surface area contributed by atoms with Crippen molar-refractivity contribution >= 4 is 28.0 Å². The fraction of sp³-hybridized carbons (Fsp3) is 0.273. The maximum Gasteiger partial charge on any atom is 0.354 e. The molecular weight excluding hydrogens is 404 g/mol. The molecule has 0 spiro atoms. The third-order valence-electron chi connectivity index (χ3n) is 4.91. The van der Waals surface area contributed by atoms with E-state index in [2.05, 4.69) is 5.32 Å². The molecule has 1 aliphatic heterocycles. The maximum atomic E-state index is 13.0. The number of rotatable bonds is 6. The van der Waals surface area contributed by atoms with Crippen molar-refractivity contribution in [1.29, 1.82) is 0 Å². The Hall–Kier alpha value is -2.97. The summed E-state index contributed by atoms with van der Waals surface area (Å²) < 4.78 is 31.9. The molecule has 1 saturated heterocycles. The fourth-order valence-electron chi connectivity index (χ4n) is 3.32. The van der Waals surface area contributed by atoms with Crippen LogP contribution >= 0.6 is 0 Å². The van der Waals surface area contributed by atoms with E-state index in [0.29, 0.717) is 18.4 Å². The highest BCUT2D eigenvalue weighted by Gasteiger charge is 2.39. The van der Waals surface area contributed by atoms with Crippen molar-refractivity contribution in [2.45, 2.75) is 30.7 Å². The number of amides is 1. The lowest BCUT2D eigenvalue weighted by molar-refractivity contribution is -0.138. The lowest BCUT2D eigenvalue weighted by atomic mass is 10.1. The summed E-state index contributed by atoms with van der Waals surface area (Å²) in [4.78, 5) is 25.3. The number of sulfonamides is 1. The summed E-state index contributed by atoms with van der Waals surface area (Å²) in [7, 11) is -2.60. The minimum Gasteiger partial charge on any atom is -0.464 e. The fourth-order valence-corrected chi connectivity index (χ4v) is 5.00. The number of hydrogen-bond donors (Lipinski definition) is 1.